The number of carbonyl (C=O) groups is 2. The van der Waals surface area contributed by atoms with Gasteiger partial charge in [-0.25, -0.2) is 4.79 Å². The lowest BCUT2D eigenvalue weighted by Gasteiger charge is -2.28. The number of nitrogens with zero attached hydrogens (tertiary/aromatic N) is 1. The number of amides is 2. The zero-order chi connectivity index (χ0) is 13.5. The third-order valence-corrected chi connectivity index (χ3v) is 3.40. The monoisotopic (exact) mass is 257 g/mol. The van der Waals surface area contributed by atoms with Crippen molar-refractivity contribution < 1.29 is 14.3 Å². The molecule has 18 heavy (non-hydrogen) atoms. The largest absolute Gasteiger partial charge is 0.450 e. The molecule has 2 unspecified atom stereocenters. The van der Waals surface area contributed by atoms with Crippen LogP contribution in [0.2, 0.25) is 0 Å². The molecule has 0 aromatic carbocycles. The highest BCUT2D eigenvalue weighted by atomic mass is 16.5. The molecule has 0 aromatic rings. The van der Waals surface area contributed by atoms with Gasteiger partial charge < -0.3 is 10.5 Å². The van der Waals surface area contributed by atoms with Gasteiger partial charge in [0.25, 0.3) is 0 Å². The Balaban J connectivity index is 2.37. The van der Waals surface area contributed by atoms with Gasteiger partial charge >= 0.3 is 6.09 Å². The molecule has 6 heteroatoms. The van der Waals surface area contributed by atoms with Crippen LogP contribution in [0.25, 0.3) is 0 Å². The Morgan fingerprint density at radius 1 is 1.44 bits per heavy atom. The first kappa shape index (κ1) is 14.9. The van der Waals surface area contributed by atoms with Crippen LogP contribution in [0, 0.1) is 5.92 Å². The average Bonchev–Trinajstić information content (AvgIpc) is 2.76. The standard InChI is InChI=1S/C12H23N3O3/c1-3-18-12(17)14-11(16)8-15(2)10-6-4-5-9(10)7-13/h9-10H,3-8,13H2,1-2H3,(H,14,16,17). The maximum absolute atomic E-state index is 11.6. The van der Waals surface area contributed by atoms with E-state index in [0.717, 1.165) is 19.3 Å². The van der Waals surface area contributed by atoms with Crippen LogP contribution in [0.5, 0.6) is 0 Å². The van der Waals surface area contributed by atoms with E-state index < -0.39 is 6.09 Å². The van der Waals surface area contributed by atoms with E-state index >= 15 is 0 Å². The fourth-order valence-electron chi connectivity index (χ4n) is 2.54. The Morgan fingerprint density at radius 3 is 2.78 bits per heavy atom. The SMILES string of the molecule is CCOC(=O)NC(=O)CN(C)C1CCCC1CN. The number of rotatable bonds is 5. The first-order valence-corrected chi connectivity index (χ1v) is 6.45. The Kier molecular flexibility index (Phi) is 6.07. The number of carbonyl (C=O) groups excluding carboxylic acids is 2. The molecule has 0 aromatic heterocycles. The molecule has 0 saturated heterocycles. The minimum Gasteiger partial charge on any atom is -0.450 e. The second-order valence-electron chi connectivity index (χ2n) is 4.68. The highest BCUT2D eigenvalue weighted by molar-refractivity contribution is 5.92. The van der Waals surface area contributed by atoms with Crippen molar-refractivity contribution in [3.8, 4) is 0 Å². The molecule has 104 valence electrons. The lowest BCUT2D eigenvalue weighted by Crippen LogP contribution is -2.45. The lowest BCUT2D eigenvalue weighted by molar-refractivity contribution is -0.121. The molecule has 1 saturated carbocycles. The fraction of sp³-hybridized carbons (Fsp3) is 0.833. The predicted molar refractivity (Wildman–Crippen MR) is 68.0 cm³/mol. The molecule has 1 aliphatic rings. The molecule has 0 aliphatic heterocycles. The predicted octanol–water partition coefficient (Wildman–Crippen LogP) is 0.318. The third-order valence-electron chi connectivity index (χ3n) is 3.40. The van der Waals surface area contributed by atoms with Crippen LogP contribution in [0.15, 0.2) is 0 Å². The van der Waals surface area contributed by atoms with Gasteiger partial charge in [0.1, 0.15) is 0 Å². The van der Waals surface area contributed by atoms with Crippen LogP contribution >= 0.6 is 0 Å². The van der Waals surface area contributed by atoms with E-state index in [-0.39, 0.29) is 19.1 Å². The maximum Gasteiger partial charge on any atom is 0.413 e. The minimum absolute atomic E-state index is 0.194. The lowest BCUT2D eigenvalue weighted by atomic mass is 10.0. The van der Waals surface area contributed by atoms with Crippen molar-refractivity contribution in [2.45, 2.75) is 32.2 Å². The number of hydrogen-bond donors (Lipinski definition) is 2. The van der Waals surface area contributed by atoms with Gasteiger partial charge in [0.15, 0.2) is 0 Å². The quantitative estimate of drug-likeness (QED) is 0.741. The van der Waals surface area contributed by atoms with Crippen LogP contribution in [0.3, 0.4) is 0 Å². The molecule has 0 radical (unpaired) electrons. The Bertz CT molecular complexity index is 296. The van der Waals surface area contributed by atoms with Crippen LogP contribution in [0.1, 0.15) is 26.2 Å². The number of alkyl carbamates (subject to hydrolysis) is 1. The summed E-state index contributed by atoms with van der Waals surface area (Å²) < 4.78 is 4.65. The average molecular weight is 257 g/mol. The third kappa shape index (κ3) is 4.27. The molecule has 1 aliphatic carbocycles. The zero-order valence-electron chi connectivity index (χ0n) is 11.1. The van der Waals surface area contributed by atoms with Crippen molar-refractivity contribution in [3.63, 3.8) is 0 Å². The van der Waals surface area contributed by atoms with Gasteiger partial charge in [-0.15, -0.1) is 0 Å². The second-order valence-corrected chi connectivity index (χ2v) is 4.68. The highest BCUT2D eigenvalue weighted by Gasteiger charge is 2.30. The summed E-state index contributed by atoms with van der Waals surface area (Å²) in [6, 6.07) is 0.336. The molecular weight excluding hydrogens is 234 g/mol. The summed E-state index contributed by atoms with van der Waals surface area (Å²) in [5.74, 6) is 0.115. The van der Waals surface area contributed by atoms with Crippen molar-refractivity contribution in [2.75, 3.05) is 26.7 Å². The number of imide groups is 1. The van der Waals surface area contributed by atoms with Gasteiger partial charge in [0.05, 0.1) is 13.2 Å². The van der Waals surface area contributed by atoms with Gasteiger partial charge in [-0.05, 0) is 39.3 Å². The van der Waals surface area contributed by atoms with Gasteiger partial charge in [-0.1, -0.05) is 6.42 Å². The normalized spacial score (nSPS) is 23.1. The van der Waals surface area contributed by atoms with Gasteiger partial charge in [-0.3, -0.25) is 15.0 Å². The number of nitrogens with two attached hydrogens (primary N) is 1. The molecule has 2 atom stereocenters. The number of nitrogens with one attached hydrogen (secondary N) is 1. The van der Waals surface area contributed by atoms with E-state index in [4.69, 9.17) is 5.73 Å². The summed E-state index contributed by atoms with van der Waals surface area (Å²) >= 11 is 0. The van der Waals surface area contributed by atoms with Crippen LogP contribution in [-0.2, 0) is 9.53 Å². The summed E-state index contributed by atoms with van der Waals surface area (Å²) in [4.78, 5) is 24.7. The first-order valence-electron chi connectivity index (χ1n) is 6.45. The van der Waals surface area contributed by atoms with Crippen molar-refractivity contribution in [1.82, 2.24) is 10.2 Å². The molecule has 0 spiro atoms. The van der Waals surface area contributed by atoms with Crippen LogP contribution in [0.4, 0.5) is 4.79 Å². The first-order chi connectivity index (χ1) is 8.58. The molecule has 0 bridgehead atoms. The van der Waals surface area contributed by atoms with Gasteiger partial charge in [0.2, 0.25) is 5.91 Å². The van der Waals surface area contributed by atoms with Crippen molar-refractivity contribution in [3.05, 3.63) is 0 Å². The van der Waals surface area contributed by atoms with Crippen LogP contribution < -0.4 is 11.1 Å². The number of hydrogen-bond acceptors (Lipinski definition) is 5. The van der Waals surface area contributed by atoms with E-state index in [9.17, 15) is 9.59 Å². The van der Waals surface area contributed by atoms with Crippen molar-refractivity contribution in [2.24, 2.45) is 11.7 Å². The molecule has 1 fully saturated rings. The maximum atomic E-state index is 11.6. The highest BCUT2D eigenvalue weighted by Crippen LogP contribution is 2.28. The molecular formula is C12H23N3O3. The van der Waals surface area contributed by atoms with E-state index in [1.165, 1.54) is 0 Å². The molecule has 3 N–H and O–H groups in total. The van der Waals surface area contributed by atoms with Crippen molar-refractivity contribution in [1.29, 1.82) is 0 Å². The zero-order valence-corrected chi connectivity index (χ0v) is 11.1. The summed E-state index contributed by atoms with van der Waals surface area (Å²) in [5.41, 5.74) is 5.71. The molecule has 1 rings (SSSR count). The summed E-state index contributed by atoms with van der Waals surface area (Å²) in [5, 5.41) is 2.20. The van der Waals surface area contributed by atoms with Crippen LogP contribution in [-0.4, -0.2) is 49.7 Å². The number of likely N-dealkylation sites (N-methyl/N-ethyl adjacent to an activating group) is 1. The smallest absolute Gasteiger partial charge is 0.413 e. The Hall–Kier alpha value is -1.14. The van der Waals surface area contributed by atoms with Gasteiger partial charge in [-0.2, -0.15) is 0 Å². The van der Waals surface area contributed by atoms with E-state index in [0.29, 0.717) is 18.5 Å². The number of ether oxygens (including phenoxy) is 1. The van der Waals surface area contributed by atoms with E-state index in [1.807, 2.05) is 11.9 Å². The van der Waals surface area contributed by atoms with E-state index in [2.05, 4.69) is 10.1 Å². The van der Waals surface area contributed by atoms with Gasteiger partial charge in [0, 0.05) is 6.04 Å². The fourth-order valence-corrected chi connectivity index (χ4v) is 2.54. The minimum atomic E-state index is -0.683. The topological polar surface area (TPSA) is 84.7 Å². The summed E-state index contributed by atoms with van der Waals surface area (Å²) in [7, 11) is 1.89. The molecule has 0 heterocycles. The Morgan fingerprint density at radius 2 is 2.17 bits per heavy atom. The van der Waals surface area contributed by atoms with Crippen molar-refractivity contribution >= 4 is 12.0 Å². The summed E-state index contributed by atoms with van der Waals surface area (Å²) in [6.07, 6.45) is 2.64. The molecule has 2 amide bonds. The molecule has 6 nitrogen and oxygen atoms in total. The summed E-state index contributed by atoms with van der Waals surface area (Å²) in [6.45, 7) is 2.79. The second kappa shape index (κ2) is 7.33. The van der Waals surface area contributed by atoms with E-state index in [1.54, 1.807) is 6.92 Å². The Labute approximate surface area is 108 Å².